The van der Waals surface area contributed by atoms with Gasteiger partial charge in [0.05, 0.1) is 0 Å². The summed E-state index contributed by atoms with van der Waals surface area (Å²) in [6.07, 6.45) is 0.818. The average Bonchev–Trinajstić information content (AvgIpc) is 3.16. The highest BCUT2D eigenvalue weighted by molar-refractivity contribution is 7.15. The van der Waals surface area contributed by atoms with E-state index in [0.29, 0.717) is 29.5 Å². The third-order valence-corrected chi connectivity index (χ3v) is 5.63. The van der Waals surface area contributed by atoms with Gasteiger partial charge in [0.15, 0.2) is 0 Å². The SMILES string of the molecule is Cc1ccc(N2CC(c3nnc(NC(=O)CC(C)C)s3)CC2=O)cc1Cl. The van der Waals surface area contributed by atoms with Gasteiger partial charge in [0.25, 0.3) is 0 Å². The molecule has 138 valence electrons. The van der Waals surface area contributed by atoms with Crippen molar-refractivity contribution in [3.8, 4) is 0 Å². The lowest BCUT2D eigenvalue weighted by Gasteiger charge is -2.17. The first-order chi connectivity index (χ1) is 12.3. The number of aromatic nitrogens is 2. The molecule has 0 radical (unpaired) electrons. The molecule has 26 heavy (non-hydrogen) atoms. The Morgan fingerprint density at radius 2 is 2.19 bits per heavy atom. The van der Waals surface area contributed by atoms with Crippen molar-refractivity contribution in [3.05, 3.63) is 33.8 Å². The van der Waals surface area contributed by atoms with Crippen LogP contribution in [0.1, 0.15) is 43.2 Å². The Labute approximate surface area is 161 Å². The smallest absolute Gasteiger partial charge is 0.227 e. The summed E-state index contributed by atoms with van der Waals surface area (Å²) in [4.78, 5) is 26.0. The van der Waals surface area contributed by atoms with Crippen molar-refractivity contribution in [2.45, 2.75) is 39.5 Å². The summed E-state index contributed by atoms with van der Waals surface area (Å²) in [5.41, 5.74) is 1.77. The highest BCUT2D eigenvalue weighted by atomic mass is 35.5. The molecule has 1 saturated heterocycles. The lowest BCUT2D eigenvalue weighted by Crippen LogP contribution is -2.24. The third-order valence-electron chi connectivity index (χ3n) is 4.22. The fraction of sp³-hybridized carbons (Fsp3) is 0.444. The van der Waals surface area contributed by atoms with E-state index in [1.165, 1.54) is 11.3 Å². The van der Waals surface area contributed by atoms with Crippen molar-refractivity contribution in [2.75, 3.05) is 16.8 Å². The normalized spacial score (nSPS) is 17.2. The Morgan fingerprint density at radius 1 is 1.42 bits per heavy atom. The van der Waals surface area contributed by atoms with Crippen LogP contribution < -0.4 is 10.2 Å². The number of hydrogen-bond acceptors (Lipinski definition) is 5. The standard InChI is InChI=1S/C18H21ClN4O2S/c1-10(2)6-15(24)20-18-22-21-17(26-18)12-7-16(25)23(9-12)13-5-4-11(3)14(19)8-13/h4-5,8,10,12H,6-7,9H2,1-3H3,(H,20,22,24). The van der Waals surface area contributed by atoms with Crippen LogP contribution in [0.5, 0.6) is 0 Å². The van der Waals surface area contributed by atoms with Crippen LogP contribution in [0.25, 0.3) is 0 Å². The van der Waals surface area contributed by atoms with Gasteiger partial charge in [-0.1, -0.05) is 42.9 Å². The summed E-state index contributed by atoms with van der Waals surface area (Å²) in [7, 11) is 0. The molecule has 1 aliphatic rings. The van der Waals surface area contributed by atoms with Crippen LogP contribution in [0.3, 0.4) is 0 Å². The summed E-state index contributed by atoms with van der Waals surface area (Å²) in [5, 5.41) is 12.9. The van der Waals surface area contributed by atoms with E-state index in [-0.39, 0.29) is 23.7 Å². The molecule has 1 aromatic heterocycles. The highest BCUT2D eigenvalue weighted by Crippen LogP contribution is 2.35. The minimum atomic E-state index is -0.0684. The zero-order chi connectivity index (χ0) is 18.8. The molecule has 1 atom stereocenters. The first-order valence-electron chi connectivity index (χ1n) is 8.53. The molecule has 1 aliphatic heterocycles. The zero-order valence-electron chi connectivity index (χ0n) is 15.0. The van der Waals surface area contributed by atoms with Crippen molar-refractivity contribution in [1.82, 2.24) is 10.2 Å². The molecule has 0 bridgehead atoms. The Kier molecular flexibility index (Phi) is 5.58. The molecule has 6 nitrogen and oxygen atoms in total. The summed E-state index contributed by atoms with van der Waals surface area (Å²) in [6.45, 7) is 6.44. The molecule has 3 rings (SSSR count). The van der Waals surface area contributed by atoms with E-state index in [1.54, 1.807) is 4.90 Å². The van der Waals surface area contributed by atoms with Gasteiger partial charge >= 0.3 is 0 Å². The number of aryl methyl sites for hydroxylation is 1. The number of amides is 2. The molecule has 2 amide bonds. The molecule has 2 aromatic rings. The molecular weight excluding hydrogens is 372 g/mol. The van der Waals surface area contributed by atoms with Crippen LogP contribution >= 0.6 is 22.9 Å². The highest BCUT2D eigenvalue weighted by Gasteiger charge is 2.34. The second kappa shape index (κ2) is 7.72. The summed E-state index contributed by atoms with van der Waals surface area (Å²) >= 11 is 7.51. The molecule has 0 aliphatic carbocycles. The monoisotopic (exact) mass is 392 g/mol. The molecule has 1 aromatic carbocycles. The number of nitrogens with zero attached hydrogens (tertiary/aromatic N) is 3. The quantitative estimate of drug-likeness (QED) is 0.834. The Morgan fingerprint density at radius 3 is 2.88 bits per heavy atom. The van der Waals surface area contributed by atoms with Crippen LogP contribution in [0.2, 0.25) is 5.02 Å². The molecule has 1 fully saturated rings. The van der Waals surface area contributed by atoms with Crippen LogP contribution in [0.15, 0.2) is 18.2 Å². The Hall–Kier alpha value is -1.99. The second-order valence-electron chi connectivity index (χ2n) is 6.93. The first kappa shape index (κ1) is 18.8. The van der Waals surface area contributed by atoms with Gasteiger partial charge in [-0.15, -0.1) is 10.2 Å². The largest absolute Gasteiger partial charge is 0.312 e. The maximum atomic E-state index is 12.4. The average molecular weight is 393 g/mol. The van der Waals surface area contributed by atoms with Gasteiger partial charge in [-0.05, 0) is 30.5 Å². The van der Waals surface area contributed by atoms with Crippen molar-refractivity contribution >= 4 is 45.6 Å². The summed E-state index contributed by atoms with van der Waals surface area (Å²) in [6, 6.07) is 5.62. The van der Waals surface area contributed by atoms with E-state index < -0.39 is 0 Å². The number of hydrogen-bond donors (Lipinski definition) is 1. The second-order valence-corrected chi connectivity index (χ2v) is 8.35. The minimum Gasteiger partial charge on any atom is -0.312 e. The molecular formula is C18H21ClN4O2S. The Bertz CT molecular complexity index is 836. The number of benzene rings is 1. The number of halogens is 1. The maximum absolute atomic E-state index is 12.4. The zero-order valence-corrected chi connectivity index (χ0v) is 16.5. The molecule has 0 saturated carbocycles. The number of carbonyl (C=O) groups excluding carboxylic acids is 2. The van der Waals surface area contributed by atoms with E-state index in [4.69, 9.17) is 11.6 Å². The predicted octanol–water partition coefficient (Wildman–Crippen LogP) is 4.01. The van der Waals surface area contributed by atoms with Crippen molar-refractivity contribution in [3.63, 3.8) is 0 Å². The lowest BCUT2D eigenvalue weighted by atomic mass is 10.1. The summed E-state index contributed by atoms with van der Waals surface area (Å²) in [5.74, 6) is 0.220. The minimum absolute atomic E-state index is 0.0316. The van der Waals surface area contributed by atoms with E-state index in [9.17, 15) is 9.59 Å². The number of nitrogens with one attached hydrogen (secondary N) is 1. The maximum Gasteiger partial charge on any atom is 0.227 e. The fourth-order valence-electron chi connectivity index (χ4n) is 2.86. The fourth-order valence-corrected chi connectivity index (χ4v) is 3.89. The van der Waals surface area contributed by atoms with Gasteiger partial charge in [0.1, 0.15) is 5.01 Å². The van der Waals surface area contributed by atoms with Gasteiger partial charge in [-0.25, -0.2) is 0 Å². The van der Waals surface area contributed by atoms with Gasteiger partial charge in [-0.2, -0.15) is 0 Å². The van der Waals surface area contributed by atoms with Crippen molar-refractivity contribution in [1.29, 1.82) is 0 Å². The number of anilines is 2. The van der Waals surface area contributed by atoms with E-state index >= 15 is 0 Å². The topological polar surface area (TPSA) is 75.2 Å². The van der Waals surface area contributed by atoms with Crippen LogP contribution in [0, 0.1) is 12.8 Å². The van der Waals surface area contributed by atoms with Gasteiger partial charge in [0.2, 0.25) is 16.9 Å². The van der Waals surface area contributed by atoms with Crippen molar-refractivity contribution in [2.24, 2.45) is 5.92 Å². The van der Waals surface area contributed by atoms with Gasteiger partial charge in [0, 0.05) is 36.0 Å². The van der Waals surface area contributed by atoms with Gasteiger partial charge < -0.3 is 10.2 Å². The molecule has 1 N–H and O–H groups in total. The van der Waals surface area contributed by atoms with Crippen LogP contribution in [-0.4, -0.2) is 28.6 Å². The number of rotatable bonds is 5. The molecule has 2 heterocycles. The predicted molar refractivity (Wildman–Crippen MR) is 104 cm³/mol. The van der Waals surface area contributed by atoms with E-state index in [1.807, 2.05) is 39.0 Å². The molecule has 0 spiro atoms. The Balaban J connectivity index is 1.69. The molecule has 8 heteroatoms. The first-order valence-corrected chi connectivity index (χ1v) is 9.72. The van der Waals surface area contributed by atoms with E-state index in [0.717, 1.165) is 16.3 Å². The van der Waals surface area contributed by atoms with Crippen LogP contribution in [0.4, 0.5) is 10.8 Å². The third kappa shape index (κ3) is 4.22. The van der Waals surface area contributed by atoms with Crippen LogP contribution in [-0.2, 0) is 9.59 Å². The van der Waals surface area contributed by atoms with Gasteiger partial charge in [-0.3, -0.25) is 9.59 Å². The van der Waals surface area contributed by atoms with Crippen molar-refractivity contribution < 1.29 is 9.59 Å². The lowest BCUT2D eigenvalue weighted by molar-refractivity contribution is -0.117. The molecule has 1 unspecified atom stereocenters. The van der Waals surface area contributed by atoms with E-state index in [2.05, 4.69) is 15.5 Å². The number of carbonyl (C=O) groups is 2. The summed E-state index contributed by atoms with van der Waals surface area (Å²) < 4.78 is 0.